The minimum absolute atomic E-state index is 0.0809. The molecular formula is C26H33N3O7S. The summed E-state index contributed by atoms with van der Waals surface area (Å²) >= 11 is 0. The summed E-state index contributed by atoms with van der Waals surface area (Å²) in [7, 11) is 1.13. The second-order valence-electron chi connectivity index (χ2n) is 9.06. The summed E-state index contributed by atoms with van der Waals surface area (Å²) in [5.74, 6) is 6.69. The molecule has 1 amide bonds. The number of hydrogen-bond acceptors (Lipinski definition) is 8. The van der Waals surface area contributed by atoms with Crippen LogP contribution in [-0.4, -0.2) is 93.0 Å². The Morgan fingerprint density at radius 3 is 2.51 bits per heavy atom. The van der Waals surface area contributed by atoms with Crippen LogP contribution < -0.4 is 14.2 Å². The van der Waals surface area contributed by atoms with Crippen molar-refractivity contribution >= 4 is 15.9 Å². The van der Waals surface area contributed by atoms with Crippen LogP contribution in [0, 0.1) is 17.8 Å². The third-order valence-corrected chi connectivity index (χ3v) is 7.54. The topological polar surface area (TPSA) is 118 Å². The molecule has 0 radical (unpaired) electrons. The highest BCUT2D eigenvalue weighted by Gasteiger charge is 2.35. The number of aliphatic hydroxyl groups excluding tert-OH is 1. The molecule has 1 N–H and O–H groups in total. The van der Waals surface area contributed by atoms with Crippen molar-refractivity contribution in [1.82, 2.24) is 14.2 Å². The molecule has 1 aliphatic heterocycles. The van der Waals surface area contributed by atoms with Crippen LogP contribution in [0.5, 0.6) is 17.4 Å². The van der Waals surface area contributed by atoms with Gasteiger partial charge in [-0.25, -0.2) is 17.7 Å². The van der Waals surface area contributed by atoms with E-state index in [0.29, 0.717) is 22.6 Å². The maximum absolute atomic E-state index is 13.5. The molecule has 2 heterocycles. The molecule has 200 valence electrons. The van der Waals surface area contributed by atoms with Gasteiger partial charge in [-0.2, -0.15) is 0 Å². The van der Waals surface area contributed by atoms with Gasteiger partial charge in [-0.15, -0.1) is 0 Å². The van der Waals surface area contributed by atoms with Gasteiger partial charge in [0.1, 0.15) is 11.7 Å². The van der Waals surface area contributed by atoms with Gasteiger partial charge in [-0.05, 0) is 31.2 Å². The molecule has 0 saturated heterocycles. The van der Waals surface area contributed by atoms with Crippen molar-refractivity contribution in [2.45, 2.75) is 26.0 Å². The number of carbonyl (C=O) groups is 1. The molecule has 0 spiro atoms. The molecule has 3 rings (SSSR count). The van der Waals surface area contributed by atoms with Gasteiger partial charge < -0.3 is 24.2 Å². The average molecular weight is 532 g/mol. The van der Waals surface area contributed by atoms with Crippen LogP contribution >= 0.6 is 0 Å². The van der Waals surface area contributed by atoms with E-state index in [9.17, 15) is 18.3 Å². The molecule has 2 aromatic rings. The Labute approximate surface area is 218 Å². The maximum Gasteiger partial charge on any atom is 0.259 e. The molecule has 1 aliphatic rings. The largest absolute Gasteiger partial charge is 0.493 e. The number of likely N-dealkylation sites (N-methyl/N-ethyl adjacent to an activating group) is 1. The van der Waals surface area contributed by atoms with Crippen LogP contribution in [0.3, 0.4) is 0 Å². The molecule has 37 heavy (non-hydrogen) atoms. The highest BCUT2D eigenvalue weighted by Crippen LogP contribution is 2.29. The number of pyridine rings is 1. The van der Waals surface area contributed by atoms with Gasteiger partial charge in [0.15, 0.2) is 11.5 Å². The van der Waals surface area contributed by atoms with E-state index in [4.69, 9.17) is 14.2 Å². The molecular weight excluding hydrogens is 498 g/mol. The summed E-state index contributed by atoms with van der Waals surface area (Å²) in [6.07, 6.45) is 2.06. The number of amides is 1. The molecule has 0 unspecified atom stereocenters. The van der Waals surface area contributed by atoms with Crippen molar-refractivity contribution < 1.29 is 32.5 Å². The second kappa shape index (κ2) is 11.8. The van der Waals surface area contributed by atoms with E-state index in [1.807, 2.05) is 6.92 Å². The first kappa shape index (κ1) is 28.2. The average Bonchev–Trinajstić information content (AvgIpc) is 2.88. The van der Waals surface area contributed by atoms with Gasteiger partial charge in [0.25, 0.3) is 5.91 Å². The van der Waals surface area contributed by atoms with Crippen LogP contribution in [0.15, 0.2) is 30.5 Å². The summed E-state index contributed by atoms with van der Waals surface area (Å²) in [6, 6.07) is 6.43. The number of sulfonamides is 1. The van der Waals surface area contributed by atoms with Gasteiger partial charge in [0, 0.05) is 36.8 Å². The standard InChI is InChI=1S/C26H33N3O7S/c1-17-14-29(18(2)16-30)26(31)21-11-20(8-7-19-9-10-22(34-4)23(12-19)35-5)13-27-25(21)36-24(17)15-28(3)37(6,32)33/h9-13,17-18,24,30H,14-16H2,1-6H3/t17-,18+,24-/m0/s1. The zero-order chi connectivity index (χ0) is 27.3. The minimum Gasteiger partial charge on any atom is -0.493 e. The highest BCUT2D eigenvalue weighted by atomic mass is 32.2. The smallest absolute Gasteiger partial charge is 0.259 e. The van der Waals surface area contributed by atoms with Crippen LogP contribution in [0.4, 0.5) is 0 Å². The van der Waals surface area contributed by atoms with Crippen molar-refractivity contribution in [3.05, 3.63) is 47.2 Å². The summed E-state index contributed by atoms with van der Waals surface area (Å²) < 4.78 is 41.9. The fourth-order valence-electron chi connectivity index (χ4n) is 3.84. The summed E-state index contributed by atoms with van der Waals surface area (Å²) in [5.41, 5.74) is 1.36. The number of carbonyl (C=O) groups excluding carboxylic acids is 1. The van der Waals surface area contributed by atoms with Gasteiger partial charge in [-0.3, -0.25) is 4.79 Å². The second-order valence-corrected chi connectivity index (χ2v) is 11.2. The van der Waals surface area contributed by atoms with E-state index in [1.165, 1.54) is 17.5 Å². The number of benzene rings is 1. The van der Waals surface area contributed by atoms with Crippen molar-refractivity contribution in [3.63, 3.8) is 0 Å². The Morgan fingerprint density at radius 1 is 1.22 bits per heavy atom. The maximum atomic E-state index is 13.5. The van der Waals surface area contributed by atoms with E-state index >= 15 is 0 Å². The predicted molar refractivity (Wildman–Crippen MR) is 138 cm³/mol. The van der Waals surface area contributed by atoms with Crippen LogP contribution in [-0.2, 0) is 10.0 Å². The molecule has 11 heteroatoms. The number of rotatable bonds is 7. The van der Waals surface area contributed by atoms with E-state index in [-0.39, 0.29) is 43.0 Å². The van der Waals surface area contributed by atoms with E-state index in [2.05, 4.69) is 16.8 Å². The Kier molecular flexibility index (Phi) is 9.02. The summed E-state index contributed by atoms with van der Waals surface area (Å²) in [4.78, 5) is 19.4. The van der Waals surface area contributed by atoms with Gasteiger partial charge in [-0.1, -0.05) is 18.8 Å². The zero-order valence-corrected chi connectivity index (χ0v) is 22.7. The molecule has 3 atom stereocenters. The minimum atomic E-state index is -3.44. The number of hydrogen-bond donors (Lipinski definition) is 1. The summed E-state index contributed by atoms with van der Waals surface area (Å²) in [6.45, 7) is 3.74. The van der Waals surface area contributed by atoms with E-state index in [1.54, 1.807) is 50.3 Å². The van der Waals surface area contributed by atoms with Gasteiger partial charge in [0.05, 0.1) is 39.7 Å². The lowest BCUT2D eigenvalue weighted by molar-refractivity contribution is 0.0373. The monoisotopic (exact) mass is 531 g/mol. The lowest BCUT2D eigenvalue weighted by Crippen LogP contribution is -2.50. The van der Waals surface area contributed by atoms with Crippen molar-refractivity contribution in [1.29, 1.82) is 0 Å². The quantitative estimate of drug-likeness (QED) is 0.536. The normalized spacial score (nSPS) is 18.6. The van der Waals surface area contributed by atoms with Crippen LogP contribution in [0.1, 0.15) is 35.3 Å². The number of methoxy groups -OCH3 is 2. The number of nitrogens with zero attached hydrogens (tertiary/aromatic N) is 3. The predicted octanol–water partition coefficient (Wildman–Crippen LogP) is 1.61. The van der Waals surface area contributed by atoms with Gasteiger partial charge >= 0.3 is 0 Å². The first-order valence-electron chi connectivity index (χ1n) is 11.7. The summed E-state index contributed by atoms with van der Waals surface area (Å²) in [5, 5.41) is 9.79. The molecule has 0 saturated carbocycles. The van der Waals surface area contributed by atoms with E-state index < -0.39 is 22.2 Å². The number of fused-ring (bicyclic) bond motifs is 1. The molecule has 1 aromatic heterocycles. The van der Waals surface area contributed by atoms with Gasteiger partial charge in [0.2, 0.25) is 15.9 Å². The molecule has 0 aliphatic carbocycles. The highest BCUT2D eigenvalue weighted by molar-refractivity contribution is 7.88. The van der Waals surface area contributed by atoms with E-state index in [0.717, 1.165) is 6.26 Å². The Balaban J connectivity index is 2.01. The molecule has 1 aromatic carbocycles. The molecule has 0 bridgehead atoms. The first-order valence-corrected chi connectivity index (χ1v) is 13.6. The van der Waals surface area contributed by atoms with Crippen LogP contribution in [0.25, 0.3) is 0 Å². The third kappa shape index (κ3) is 6.71. The molecule has 10 nitrogen and oxygen atoms in total. The first-order chi connectivity index (χ1) is 17.5. The Morgan fingerprint density at radius 2 is 1.89 bits per heavy atom. The van der Waals surface area contributed by atoms with Crippen molar-refractivity contribution in [3.8, 4) is 29.2 Å². The third-order valence-electron chi connectivity index (χ3n) is 6.26. The molecule has 0 fully saturated rings. The zero-order valence-electron chi connectivity index (χ0n) is 21.9. The van der Waals surface area contributed by atoms with Crippen molar-refractivity contribution in [2.24, 2.45) is 5.92 Å². The Bertz CT molecular complexity index is 1300. The Hall–Kier alpha value is -3.33. The number of ether oxygens (including phenoxy) is 3. The lowest BCUT2D eigenvalue weighted by Gasteiger charge is -2.37. The van der Waals surface area contributed by atoms with Crippen LogP contribution in [0.2, 0.25) is 0 Å². The van der Waals surface area contributed by atoms with Crippen molar-refractivity contribution in [2.75, 3.05) is 47.2 Å². The lowest BCUT2D eigenvalue weighted by atomic mass is 10.0. The fourth-order valence-corrected chi connectivity index (χ4v) is 4.25. The fraction of sp³-hybridized carbons (Fsp3) is 0.462. The SMILES string of the molecule is COc1ccc(C#Cc2cnc3c(c2)C(=O)N([C@H](C)CO)C[C@H](C)[C@H](CN(C)S(C)(=O)=O)O3)cc1OC. The number of aromatic nitrogens is 1. The number of aliphatic hydroxyl groups is 1.